The van der Waals surface area contributed by atoms with E-state index >= 15 is 0 Å². The van der Waals surface area contributed by atoms with Crippen LogP contribution in [0.4, 0.5) is 0 Å². The van der Waals surface area contributed by atoms with Crippen molar-refractivity contribution in [3.63, 3.8) is 0 Å². The van der Waals surface area contributed by atoms with Crippen molar-refractivity contribution >= 4 is 15.7 Å². The zero-order valence-electron chi connectivity index (χ0n) is 12.9. The average molecular weight is 312 g/mol. The second kappa shape index (κ2) is 8.14. The Kier molecular flexibility index (Phi) is 6.84. The van der Waals surface area contributed by atoms with Gasteiger partial charge in [-0.2, -0.15) is 0 Å². The molecule has 6 heteroatoms. The van der Waals surface area contributed by atoms with Crippen LogP contribution in [0.3, 0.4) is 0 Å². The molecule has 0 aliphatic carbocycles. The maximum Gasteiger partial charge on any atom is 0.252 e. The first-order valence-electron chi connectivity index (χ1n) is 7.13. The van der Waals surface area contributed by atoms with Crippen LogP contribution in [0.25, 0.3) is 0 Å². The summed E-state index contributed by atoms with van der Waals surface area (Å²) in [5.41, 5.74) is 0.232. The Morgan fingerprint density at radius 3 is 2.52 bits per heavy atom. The van der Waals surface area contributed by atoms with Crippen molar-refractivity contribution in [1.29, 1.82) is 0 Å². The van der Waals surface area contributed by atoms with Crippen molar-refractivity contribution in [3.05, 3.63) is 29.8 Å². The molecule has 0 fully saturated rings. The molecule has 0 aliphatic heterocycles. The third-order valence-corrected chi connectivity index (χ3v) is 4.98. The monoisotopic (exact) mass is 312 g/mol. The number of amides is 1. The Morgan fingerprint density at radius 1 is 1.24 bits per heavy atom. The van der Waals surface area contributed by atoms with Gasteiger partial charge in [0, 0.05) is 6.54 Å². The molecule has 0 aromatic heterocycles. The fourth-order valence-corrected chi connectivity index (χ4v) is 3.54. The van der Waals surface area contributed by atoms with Gasteiger partial charge in [-0.15, -0.1) is 0 Å². The lowest BCUT2D eigenvalue weighted by molar-refractivity contribution is 0.0949. The molecule has 0 aliphatic rings. The van der Waals surface area contributed by atoms with Crippen molar-refractivity contribution in [2.75, 3.05) is 32.9 Å². The summed E-state index contributed by atoms with van der Waals surface area (Å²) in [6.07, 6.45) is 1.35. The van der Waals surface area contributed by atoms with Gasteiger partial charge in [-0.1, -0.05) is 19.1 Å². The van der Waals surface area contributed by atoms with Gasteiger partial charge in [0.25, 0.3) is 5.91 Å². The van der Waals surface area contributed by atoms with Gasteiger partial charge in [0.05, 0.1) is 16.2 Å². The maximum absolute atomic E-state index is 12.2. The van der Waals surface area contributed by atoms with Crippen molar-refractivity contribution in [3.8, 4) is 0 Å². The number of nitrogens with one attached hydrogen (secondary N) is 1. The highest BCUT2D eigenvalue weighted by Gasteiger charge is 2.20. The minimum Gasteiger partial charge on any atom is -0.352 e. The predicted molar refractivity (Wildman–Crippen MR) is 84.3 cm³/mol. The number of hydrogen-bond donors (Lipinski definition) is 1. The smallest absolute Gasteiger partial charge is 0.252 e. The van der Waals surface area contributed by atoms with Crippen LogP contribution in [0.15, 0.2) is 29.2 Å². The first kappa shape index (κ1) is 17.7. The van der Waals surface area contributed by atoms with Crippen LogP contribution in [0, 0.1) is 0 Å². The van der Waals surface area contributed by atoms with E-state index in [2.05, 4.69) is 5.32 Å². The molecule has 0 saturated carbocycles. The van der Waals surface area contributed by atoms with Crippen LogP contribution in [0.1, 0.15) is 30.1 Å². The zero-order valence-corrected chi connectivity index (χ0v) is 13.7. The highest BCUT2D eigenvalue weighted by atomic mass is 32.2. The van der Waals surface area contributed by atoms with Crippen LogP contribution in [-0.2, 0) is 9.84 Å². The van der Waals surface area contributed by atoms with Gasteiger partial charge in [-0.25, -0.2) is 8.42 Å². The Balaban J connectivity index is 2.81. The molecule has 21 heavy (non-hydrogen) atoms. The molecule has 0 atom stereocenters. The van der Waals surface area contributed by atoms with Crippen LogP contribution in [0.5, 0.6) is 0 Å². The van der Waals surface area contributed by atoms with Crippen LogP contribution < -0.4 is 5.32 Å². The summed E-state index contributed by atoms with van der Waals surface area (Å²) in [7, 11) is 0.534. The second-order valence-electron chi connectivity index (χ2n) is 5.23. The second-order valence-corrected chi connectivity index (χ2v) is 7.31. The lowest BCUT2D eigenvalue weighted by Crippen LogP contribution is -2.28. The van der Waals surface area contributed by atoms with E-state index < -0.39 is 9.84 Å². The standard InChI is InChI=1S/C15H24N2O3S/c1-4-12-21(19,20)14-9-6-5-8-13(14)15(18)16-10-7-11-17(2)3/h5-6,8-9H,4,7,10-12H2,1-3H3,(H,16,18). The maximum atomic E-state index is 12.2. The summed E-state index contributed by atoms with van der Waals surface area (Å²) in [5.74, 6) is -0.276. The number of carbonyl (C=O) groups excluding carboxylic acids is 1. The summed E-state index contributed by atoms with van der Waals surface area (Å²) in [4.78, 5) is 14.3. The summed E-state index contributed by atoms with van der Waals surface area (Å²) in [6, 6.07) is 6.38. The molecule has 1 amide bonds. The Morgan fingerprint density at radius 2 is 1.90 bits per heavy atom. The largest absolute Gasteiger partial charge is 0.352 e. The van der Waals surface area contributed by atoms with E-state index in [1.165, 1.54) is 6.07 Å². The van der Waals surface area contributed by atoms with E-state index in [0.29, 0.717) is 13.0 Å². The van der Waals surface area contributed by atoms with Gasteiger partial charge in [0.2, 0.25) is 0 Å². The molecular weight excluding hydrogens is 288 g/mol. The molecule has 0 bridgehead atoms. The van der Waals surface area contributed by atoms with E-state index in [1.807, 2.05) is 25.9 Å². The molecule has 1 aromatic carbocycles. The zero-order chi connectivity index (χ0) is 15.9. The summed E-state index contributed by atoms with van der Waals surface area (Å²) in [6.45, 7) is 3.21. The molecule has 0 spiro atoms. The van der Waals surface area contributed by atoms with Crippen LogP contribution in [-0.4, -0.2) is 52.2 Å². The van der Waals surface area contributed by atoms with Gasteiger partial charge >= 0.3 is 0 Å². The molecule has 5 nitrogen and oxygen atoms in total. The van der Waals surface area contributed by atoms with Crippen molar-refractivity contribution < 1.29 is 13.2 Å². The van der Waals surface area contributed by atoms with Gasteiger partial charge in [-0.05, 0) is 45.6 Å². The molecule has 1 N–H and O–H groups in total. The highest BCUT2D eigenvalue weighted by Crippen LogP contribution is 2.17. The minimum absolute atomic E-state index is 0.0535. The molecule has 118 valence electrons. The summed E-state index contributed by atoms with van der Waals surface area (Å²) < 4.78 is 24.4. The quantitative estimate of drug-likeness (QED) is 0.740. The molecule has 0 radical (unpaired) electrons. The van der Waals surface area contributed by atoms with E-state index in [0.717, 1.165) is 13.0 Å². The summed E-state index contributed by atoms with van der Waals surface area (Å²) >= 11 is 0. The lowest BCUT2D eigenvalue weighted by Gasteiger charge is -2.12. The minimum atomic E-state index is -3.40. The van der Waals surface area contributed by atoms with Gasteiger partial charge < -0.3 is 10.2 Å². The van der Waals surface area contributed by atoms with E-state index in [4.69, 9.17) is 0 Å². The topological polar surface area (TPSA) is 66.5 Å². The number of carbonyl (C=O) groups is 1. The molecule has 1 rings (SSSR count). The Labute approximate surface area is 127 Å². The normalized spacial score (nSPS) is 11.6. The third-order valence-electron chi connectivity index (χ3n) is 3.01. The molecule has 0 unspecified atom stereocenters. The van der Waals surface area contributed by atoms with Gasteiger partial charge in [0.15, 0.2) is 9.84 Å². The first-order chi connectivity index (χ1) is 9.88. The summed E-state index contributed by atoms with van der Waals surface area (Å²) in [5, 5.41) is 2.78. The number of benzene rings is 1. The Bertz CT molecular complexity index is 568. The third kappa shape index (κ3) is 5.47. The first-order valence-corrected chi connectivity index (χ1v) is 8.78. The molecular formula is C15H24N2O3S. The predicted octanol–water partition coefficient (Wildman–Crippen LogP) is 1.55. The van der Waals surface area contributed by atoms with Gasteiger partial charge in [-0.3, -0.25) is 4.79 Å². The number of sulfone groups is 1. The fourth-order valence-electron chi connectivity index (χ4n) is 2.00. The van der Waals surface area contributed by atoms with Crippen molar-refractivity contribution in [2.45, 2.75) is 24.7 Å². The highest BCUT2D eigenvalue weighted by molar-refractivity contribution is 7.91. The fraction of sp³-hybridized carbons (Fsp3) is 0.533. The lowest BCUT2D eigenvalue weighted by atomic mass is 10.2. The van der Waals surface area contributed by atoms with E-state index in [1.54, 1.807) is 18.2 Å². The average Bonchev–Trinajstić information content (AvgIpc) is 2.43. The number of rotatable bonds is 8. The Hall–Kier alpha value is -1.40. The van der Waals surface area contributed by atoms with E-state index in [-0.39, 0.29) is 22.1 Å². The molecule has 1 aromatic rings. The van der Waals surface area contributed by atoms with Crippen LogP contribution >= 0.6 is 0 Å². The number of nitrogens with zero attached hydrogens (tertiary/aromatic N) is 1. The number of hydrogen-bond acceptors (Lipinski definition) is 4. The van der Waals surface area contributed by atoms with Crippen molar-refractivity contribution in [2.24, 2.45) is 0 Å². The SMILES string of the molecule is CCCS(=O)(=O)c1ccccc1C(=O)NCCCN(C)C. The van der Waals surface area contributed by atoms with Crippen molar-refractivity contribution in [1.82, 2.24) is 10.2 Å². The molecule has 0 heterocycles. The van der Waals surface area contributed by atoms with Gasteiger partial charge in [0.1, 0.15) is 0 Å². The van der Waals surface area contributed by atoms with E-state index in [9.17, 15) is 13.2 Å². The van der Waals surface area contributed by atoms with Crippen LogP contribution in [0.2, 0.25) is 0 Å². The molecule has 0 saturated heterocycles.